The molecule has 1 fully saturated rings. The maximum absolute atomic E-state index is 8.52. The van der Waals surface area contributed by atoms with Crippen molar-refractivity contribution in [3.63, 3.8) is 0 Å². The van der Waals surface area contributed by atoms with Crippen LogP contribution in [0.5, 0.6) is 0 Å². The maximum atomic E-state index is 8.52. The van der Waals surface area contributed by atoms with E-state index in [0.717, 1.165) is 18.4 Å². The molecule has 1 rings (SSSR count). The highest BCUT2D eigenvalue weighted by molar-refractivity contribution is 4.79. The van der Waals surface area contributed by atoms with Crippen molar-refractivity contribution in [3.05, 3.63) is 0 Å². The third-order valence-corrected chi connectivity index (χ3v) is 3.29. The molecule has 0 bridgehead atoms. The molecular formula is C12H22N2. The number of nitriles is 1. The summed E-state index contributed by atoms with van der Waals surface area (Å²) < 4.78 is 0. The van der Waals surface area contributed by atoms with Gasteiger partial charge in [0.05, 0.1) is 12.5 Å². The molecule has 1 unspecified atom stereocenters. The Morgan fingerprint density at radius 3 is 2.57 bits per heavy atom. The molecule has 0 spiro atoms. The Kier molecular flexibility index (Phi) is 4.97. The fourth-order valence-electron chi connectivity index (χ4n) is 2.11. The fourth-order valence-corrected chi connectivity index (χ4v) is 2.11. The second kappa shape index (κ2) is 6.03. The van der Waals surface area contributed by atoms with Crippen LogP contribution in [0.4, 0.5) is 0 Å². The van der Waals surface area contributed by atoms with E-state index in [2.05, 4.69) is 25.2 Å². The lowest BCUT2D eigenvalue weighted by atomic mass is 9.83. The molecule has 2 nitrogen and oxygen atoms in total. The molecule has 1 aliphatic carbocycles. The number of hydrogen-bond donors (Lipinski definition) is 1. The zero-order valence-corrected chi connectivity index (χ0v) is 9.42. The average Bonchev–Trinajstić information content (AvgIpc) is 2.17. The monoisotopic (exact) mass is 194 g/mol. The van der Waals surface area contributed by atoms with E-state index in [-0.39, 0.29) is 0 Å². The fraction of sp³-hybridized carbons (Fsp3) is 0.917. The van der Waals surface area contributed by atoms with Crippen LogP contribution in [0, 0.1) is 23.2 Å². The van der Waals surface area contributed by atoms with Crippen molar-refractivity contribution in [3.8, 4) is 6.07 Å². The first-order chi connectivity index (χ1) is 6.72. The van der Waals surface area contributed by atoms with E-state index in [1.807, 2.05) is 0 Å². The highest BCUT2D eigenvalue weighted by Gasteiger charge is 2.18. The Morgan fingerprint density at radius 2 is 2.00 bits per heavy atom. The average molecular weight is 194 g/mol. The molecule has 0 aromatic carbocycles. The van der Waals surface area contributed by atoms with Gasteiger partial charge in [-0.25, -0.2) is 0 Å². The SMILES string of the molecule is CC1CCC(CNC(C)CC#N)CC1. The van der Waals surface area contributed by atoms with E-state index in [1.54, 1.807) is 0 Å². The molecule has 0 saturated heterocycles. The van der Waals surface area contributed by atoms with Gasteiger partial charge in [0, 0.05) is 6.04 Å². The Balaban J connectivity index is 2.10. The first-order valence-electron chi connectivity index (χ1n) is 5.82. The first-order valence-corrected chi connectivity index (χ1v) is 5.82. The van der Waals surface area contributed by atoms with Gasteiger partial charge in [0.1, 0.15) is 0 Å². The molecule has 2 heteroatoms. The van der Waals surface area contributed by atoms with Crippen LogP contribution in [0.25, 0.3) is 0 Å². The predicted molar refractivity (Wildman–Crippen MR) is 58.8 cm³/mol. The Morgan fingerprint density at radius 1 is 1.36 bits per heavy atom. The number of nitrogens with one attached hydrogen (secondary N) is 1. The van der Waals surface area contributed by atoms with Gasteiger partial charge in [0.15, 0.2) is 0 Å². The lowest BCUT2D eigenvalue weighted by Crippen LogP contribution is -2.32. The smallest absolute Gasteiger partial charge is 0.0638 e. The summed E-state index contributed by atoms with van der Waals surface area (Å²) in [5, 5.41) is 12.0. The molecule has 1 atom stereocenters. The minimum absolute atomic E-state index is 0.361. The van der Waals surface area contributed by atoms with Crippen LogP contribution in [0.3, 0.4) is 0 Å². The summed E-state index contributed by atoms with van der Waals surface area (Å²) in [7, 11) is 0. The molecule has 1 aliphatic rings. The number of rotatable bonds is 4. The van der Waals surface area contributed by atoms with E-state index in [0.29, 0.717) is 12.5 Å². The van der Waals surface area contributed by atoms with Crippen LogP contribution in [0.1, 0.15) is 46.0 Å². The second-order valence-corrected chi connectivity index (χ2v) is 4.80. The zero-order chi connectivity index (χ0) is 10.4. The van der Waals surface area contributed by atoms with Crippen molar-refractivity contribution < 1.29 is 0 Å². The quantitative estimate of drug-likeness (QED) is 0.747. The van der Waals surface area contributed by atoms with Crippen molar-refractivity contribution in [2.24, 2.45) is 11.8 Å². The molecule has 1 saturated carbocycles. The van der Waals surface area contributed by atoms with Crippen LogP contribution >= 0.6 is 0 Å². The van der Waals surface area contributed by atoms with E-state index in [1.165, 1.54) is 25.7 Å². The van der Waals surface area contributed by atoms with E-state index in [9.17, 15) is 0 Å². The first kappa shape index (κ1) is 11.5. The minimum atomic E-state index is 0.361. The van der Waals surface area contributed by atoms with Crippen LogP contribution in [-0.4, -0.2) is 12.6 Å². The molecule has 80 valence electrons. The molecule has 0 aromatic rings. The van der Waals surface area contributed by atoms with Crippen LogP contribution in [-0.2, 0) is 0 Å². The van der Waals surface area contributed by atoms with Crippen molar-refractivity contribution in [1.82, 2.24) is 5.32 Å². The van der Waals surface area contributed by atoms with Crippen molar-refractivity contribution in [2.45, 2.75) is 52.0 Å². The van der Waals surface area contributed by atoms with Gasteiger partial charge in [0.25, 0.3) is 0 Å². The van der Waals surface area contributed by atoms with E-state index < -0.39 is 0 Å². The van der Waals surface area contributed by atoms with Gasteiger partial charge in [-0.05, 0) is 38.1 Å². The highest BCUT2D eigenvalue weighted by atomic mass is 14.9. The van der Waals surface area contributed by atoms with Crippen molar-refractivity contribution in [1.29, 1.82) is 5.26 Å². The summed E-state index contributed by atoms with van der Waals surface area (Å²) in [6, 6.07) is 2.56. The van der Waals surface area contributed by atoms with Crippen LogP contribution in [0.2, 0.25) is 0 Å². The van der Waals surface area contributed by atoms with Crippen molar-refractivity contribution in [2.75, 3.05) is 6.54 Å². The van der Waals surface area contributed by atoms with Gasteiger partial charge in [-0.3, -0.25) is 0 Å². The summed E-state index contributed by atoms with van der Waals surface area (Å²) in [6.45, 7) is 5.55. The molecule has 0 radical (unpaired) electrons. The third-order valence-electron chi connectivity index (χ3n) is 3.29. The largest absolute Gasteiger partial charge is 0.313 e. The summed E-state index contributed by atoms with van der Waals surface area (Å²) >= 11 is 0. The van der Waals surface area contributed by atoms with Crippen LogP contribution in [0.15, 0.2) is 0 Å². The minimum Gasteiger partial charge on any atom is -0.313 e. The van der Waals surface area contributed by atoms with Gasteiger partial charge < -0.3 is 5.32 Å². The molecular weight excluding hydrogens is 172 g/mol. The summed E-state index contributed by atoms with van der Waals surface area (Å²) in [4.78, 5) is 0. The molecule has 0 aliphatic heterocycles. The number of hydrogen-bond acceptors (Lipinski definition) is 2. The lowest BCUT2D eigenvalue weighted by Gasteiger charge is -2.27. The second-order valence-electron chi connectivity index (χ2n) is 4.80. The Bertz CT molecular complexity index is 187. The molecule has 14 heavy (non-hydrogen) atoms. The summed E-state index contributed by atoms with van der Waals surface area (Å²) in [6.07, 6.45) is 6.14. The lowest BCUT2D eigenvalue weighted by molar-refractivity contribution is 0.276. The highest BCUT2D eigenvalue weighted by Crippen LogP contribution is 2.27. The summed E-state index contributed by atoms with van der Waals surface area (Å²) in [5.74, 6) is 1.79. The standard InChI is InChI=1S/C12H22N2/c1-10-3-5-12(6-4-10)9-14-11(2)7-8-13/h10-12,14H,3-7,9H2,1-2H3. The molecule has 0 heterocycles. The Labute approximate surface area is 87.7 Å². The Hall–Kier alpha value is -0.550. The topological polar surface area (TPSA) is 35.8 Å². The van der Waals surface area contributed by atoms with Gasteiger partial charge in [0.2, 0.25) is 0 Å². The number of nitrogens with zero attached hydrogens (tertiary/aromatic N) is 1. The van der Waals surface area contributed by atoms with Gasteiger partial charge in [-0.2, -0.15) is 5.26 Å². The molecule has 1 N–H and O–H groups in total. The van der Waals surface area contributed by atoms with E-state index >= 15 is 0 Å². The van der Waals surface area contributed by atoms with Crippen LogP contribution < -0.4 is 5.32 Å². The predicted octanol–water partition coefficient (Wildman–Crippen LogP) is 2.70. The normalized spacial score (nSPS) is 29.5. The zero-order valence-electron chi connectivity index (χ0n) is 9.42. The van der Waals surface area contributed by atoms with Gasteiger partial charge >= 0.3 is 0 Å². The third kappa shape index (κ3) is 4.11. The maximum Gasteiger partial charge on any atom is 0.0638 e. The molecule has 0 amide bonds. The van der Waals surface area contributed by atoms with E-state index in [4.69, 9.17) is 5.26 Å². The van der Waals surface area contributed by atoms with Gasteiger partial charge in [-0.1, -0.05) is 19.8 Å². The summed E-state index contributed by atoms with van der Waals surface area (Å²) in [5.41, 5.74) is 0. The van der Waals surface area contributed by atoms with Crippen molar-refractivity contribution >= 4 is 0 Å². The molecule has 0 aromatic heterocycles. The van der Waals surface area contributed by atoms with Gasteiger partial charge in [-0.15, -0.1) is 0 Å².